The van der Waals surface area contributed by atoms with Crippen molar-refractivity contribution in [3.8, 4) is 11.4 Å². The van der Waals surface area contributed by atoms with Crippen molar-refractivity contribution >= 4 is 22.1 Å². The number of benzene rings is 3. The number of fused-ring (bicyclic) bond motifs is 2. The maximum atomic E-state index is 11.1. The molecule has 4 rings (SSSR count). The lowest BCUT2D eigenvalue weighted by atomic mass is 9.79. The summed E-state index contributed by atoms with van der Waals surface area (Å²) in [5.74, 6) is 0.400. The van der Waals surface area contributed by atoms with Crippen molar-refractivity contribution in [2.75, 3.05) is 0 Å². The fourth-order valence-electron chi connectivity index (χ4n) is 3.93. The van der Waals surface area contributed by atoms with Crippen LogP contribution in [0.1, 0.15) is 52.7 Å². The van der Waals surface area contributed by atoms with Gasteiger partial charge in [-0.1, -0.05) is 65.8 Å². The molecule has 1 N–H and O–H groups in total. The van der Waals surface area contributed by atoms with Crippen LogP contribution in [0.4, 0.5) is 0 Å². The first-order chi connectivity index (χ1) is 13.6. The predicted molar refractivity (Wildman–Crippen MR) is 120 cm³/mol. The third-order valence-electron chi connectivity index (χ3n) is 5.46. The van der Waals surface area contributed by atoms with Gasteiger partial charge in [-0.05, 0) is 23.0 Å². The minimum Gasteiger partial charge on any atom is -0.507 e. The number of hydrogen-bond acceptors (Lipinski definition) is 2. The topological polar surface area (TPSA) is 37.0 Å². The molecule has 148 valence electrons. The molecule has 0 saturated carbocycles. The Morgan fingerprint density at radius 2 is 1.10 bits per heavy atom. The first kappa shape index (κ1) is 19.4. The van der Waals surface area contributed by atoms with E-state index in [0.717, 1.165) is 38.9 Å². The lowest BCUT2D eigenvalue weighted by molar-refractivity contribution is -0.538. The molecule has 3 aromatic carbocycles. The van der Waals surface area contributed by atoms with Gasteiger partial charge in [-0.3, -0.25) is 0 Å². The van der Waals surface area contributed by atoms with E-state index in [0.29, 0.717) is 5.75 Å². The molecule has 0 saturated heterocycles. The van der Waals surface area contributed by atoms with Crippen molar-refractivity contribution < 1.29 is 9.67 Å². The van der Waals surface area contributed by atoms with E-state index in [-0.39, 0.29) is 10.8 Å². The number of para-hydroxylation sites is 4. The van der Waals surface area contributed by atoms with Crippen molar-refractivity contribution in [2.45, 2.75) is 52.4 Å². The smallest absolute Gasteiger partial charge is 0.237 e. The number of phenols is 1. The molecule has 0 amide bonds. The summed E-state index contributed by atoms with van der Waals surface area (Å²) < 4.78 is 2.27. The summed E-state index contributed by atoms with van der Waals surface area (Å²) >= 11 is 0. The van der Waals surface area contributed by atoms with E-state index in [9.17, 15) is 5.11 Å². The molecule has 0 aliphatic carbocycles. The molecular formula is C26H29N2O+. The van der Waals surface area contributed by atoms with E-state index < -0.39 is 0 Å². The van der Waals surface area contributed by atoms with Crippen molar-refractivity contribution in [3.05, 3.63) is 71.8 Å². The Bertz CT molecular complexity index is 1140. The third-order valence-corrected chi connectivity index (χ3v) is 5.46. The first-order valence-corrected chi connectivity index (χ1v) is 10.2. The van der Waals surface area contributed by atoms with Gasteiger partial charge in [-0.25, -0.2) is 4.98 Å². The van der Waals surface area contributed by atoms with Gasteiger partial charge in [-0.15, -0.1) is 4.57 Å². The Morgan fingerprint density at radius 3 is 1.52 bits per heavy atom. The highest BCUT2D eigenvalue weighted by molar-refractivity contribution is 5.82. The third kappa shape index (κ3) is 3.35. The van der Waals surface area contributed by atoms with Crippen molar-refractivity contribution in [2.24, 2.45) is 0 Å². The van der Waals surface area contributed by atoms with Crippen molar-refractivity contribution in [3.63, 3.8) is 0 Å². The predicted octanol–water partition coefficient (Wildman–Crippen LogP) is 5.97. The number of aromatic hydroxyl groups is 1. The van der Waals surface area contributed by atoms with E-state index in [1.807, 2.05) is 36.4 Å². The van der Waals surface area contributed by atoms with Gasteiger partial charge in [0.25, 0.3) is 0 Å². The van der Waals surface area contributed by atoms with Crippen LogP contribution in [0.25, 0.3) is 27.8 Å². The van der Waals surface area contributed by atoms with E-state index >= 15 is 0 Å². The SMILES string of the molecule is CC(C)(C)c1cc(-[n+]2c3ccccc3nc3ccccc32)cc(C(C)(C)C)c1O. The van der Waals surface area contributed by atoms with Crippen LogP contribution in [0.3, 0.4) is 0 Å². The molecule has 0 spiro atoms. The van der Waals surface area contributed by atoms with Crippen LogP contribution in [0.2, 0.25) is 0 Å². The Hall–Kier alpha value is -2.94. The first-order valence-electron chi connectivity index (χ1n) is 10.2. The van der Waals surface area contributed by atoms with Crippen molar-refractivity contribution in [1.82, 2.24) is 4.98 Å². The van der Waals surface area contributed by atoms with Crippen LogP contribution >= 0.6 is 0 Å². The van der Waals surface area contributed by atoms with Crippen LogP contribution in [0.5, 0.6) is 5.75 Å². The van der Waals surface area contributed by atoms with Gasteiger partial charge in [0.2, 0.25) is 16.7 Å². The molecule has 0 atom stereocenters. The lowest BCUT2D eigenvalue weighted by Gasteiger charge is -2.27. The minimum atomic E-state index is -0.181. The second-order valence-corrected chi connectivity index (χ2v) is 9.81. The zero-order chi connectivity index (χ0) is 21.0. The standard InChI is InChI=1S/C26H28N2O/c1-25(2,3)18-15-17(16-19(24(18)29)26(4,5)6)28-22-13-9-7-11-20(22)27-21-12-8-10-14-23(21)28/h7-16H,1-6H3/p+1. The van der Waals surface area contributed by atoms with Gasteiger partial charge in [0, 0.05) is 35.4 Å². The maximum Gasteiger partial charge on any atom is 0.237 e. The lowest BCUT2D eigenvalue weighted by Crippen LogP contribution is -2.34. The minimum absolute atomic E-state index is 0.181. The molecule has 4 aromatic rings. The van der Waals surface area contributed by atoms with Gasteiger partial charge in [-0.2, -0.15) is 0 Å². The average Bonchev–Trinajstić information content (AvgIpc) is 2.64. The Kier molecular flexibility index (Phi) is 4.38. The molecular weight excluding hydrogens is 356 g/mol. The van der Waals surface area contributed by atoms with Gasteiger partial charge in [0.05, 0.1) is 0 Å². The summed E-state index contributed by atoms with van der Waals surface area (Å²) in [6, 6.07) is 20.7. The number of phenolic OH excluding ortho intramolecular Hbond substituents is 1. The summed E-state index contributed by atoms with van der Waals surface area (Å²) in [5.41, 5.74) is 6.61. The van der Waals surface area contributed by atoms with Crippen LogP contribution in [-0.2, 0) is 10.8 Å². The molecule has 0 aliphatic heterocycles. The zero-order valence-corrected chi connectivity index (χ0v) is 18.1. The second kappa shape index (κ2) is 6.55. The molecule has 0 bridgehead atoms. The van der Waals surface area contributed by atoms with Gasteiger partial charge in [0.15, 0.2) is 0 Å². The highest BCUT2D eigenvalue weighted by Gasteiger charge is 2.30. The molecule has 0 fully saturated rings. The van der Waals surface area contributed by atoms with Gasteiger partial charge < -0.3 is 5.11 Å². The second-order valence-electron chi connectivity index (χ2n) is 9.81. The monoisotopic (exact) mass is 385 g/mol. The average molecular weight is 386 g/mol. The van der Waals surface area contributed by atoms with Gasteiger partial charge >= 0.3 is 0 Å². The molecule has 1 heterocycles. The molecule has 0 radical (unpaired) electrons. The number of nitrogens with zero attached hydrogens (tertiary/aromatic N) is 2. The zero-order valence-electron chi connectivity index (χ0n) is 18.1. The summed E-state index contributed by atoms with van der Waals surface area (Å²) in [4.78, 5) is 4.85. The molecule has 0 unspecified atom stereocenters. The van der Waals surface area contributed by atoms with Crippen LogP contribution in [0.15, 0.2) is 60.7 Å². The highest BCUT2D eigenvalue weighted by atomic mass is 16.3. The Morgan fingerprint density at radius 1 is 0.690 bits per heavy atom. The van der Waals surface area contributed by atoms with Crippen molar-refractivity contribution in [1.29, 1.82) is 0 Å². The van der Waals surface area contributed by atoms with E-state index in [4.69, 9.17) is 4.98 Å². The summed E-state index contributed by atoms with van der Waals surface area (Å²) in [7, 11) is 0. The van der Waals surface area contributed by atoms with E-state index in [2.05, 4.69) is 70.4 Å². The molecule has 0 aliphatic rings. The maximum absolute atomic E-state index is 11.1. The number of hydrogen-bond donors (Lipinski definition) is 1. The fraction of sp³-hybridized carbons (Fsp3) is 0.308. The Balaban J connectivity index is 2.18. The molecule has 29 heavy (non-hydrogen) atoms. The molecule has 1 aromatic heterocycles. The largest absolute Gasteiger partial charge is 0.507 e. The fourth-order valence-corrected chi connectivity index (χ4v) is 3.93. The normalized spacial score (nSPS) is 12.6. The van der Waals surface area contributed by atoms with E-state index in [1.54, 1.807) is 0 Å². The summed E-state index contributed by atoms with van der Waals surface area (Å²) in [6.07, 6.45) is 0. The quantitative estimate of drug-likeness (QED) is 0.324. The number of aromatic nitrogens is 2. The van der Waals surface area contributed by atoms with Crippen LogP contribution < -0.4 is 4.57 Å². The van der Waals surface area contributed by atoms with Crippen LogP contribution in [-0.4, -0.2) is 10.1 Å². The molecule has 3 heteroatoms. The van der Waals surface area contributed by atoms with Gasteiger partial charge in [0.1, 0.15) is 16.8 Å². The summed E-state index contributed by atoms with van der Waals surface area (Å²) in [5, 5.41) is 11.1. The van der Waals surface area contributed by atoms with E-state index in [1.165, 1.54) is 0 Å². The molecule has 3 nitrogen and oxygen atoms in total. The van der Waals surface area contributed by atoms with Crippen LogP contribution in [0, 0.1) is 0 Å². The Labute approximate surface area is 172 Å². The number of rotatable bonds is 1. The highest BCUT2D eigenvalue weighted by Crippen LogP contribution is 2.40. The summed E-state index contributed by atoms with van der Waals surface area (Å²) in [6.45, 7) is 12.9.